The fraction of sp³-hybridized carbons (Fsp3) is 0.321. The molecule has 1 heterocycles. The van der Waals surface area contributed by atoms with Gasteiger partial charge in [0.25, 0.3) is 0 Å². The van der Waals surface area contributed by atoms with Crippen LogP contribution >= 0.6 is 11.6 Å². The molecule has 6 nitrogen and oxygen atoms in total. The third-order valence-electron chi connectivity index (χ3n) is 5.50. The standard InChI is InChI=1S/C28H30ClNO5/c1-6-33-24(31)14-18-11-12-23(22(29)13-18)30-15-21-25(28(30)32)27(35-17(4)5)20-10-8-7-9-19(20)26(21)34-16(2)3/h7-13,15-17,32H,6,14H2,1-5H3. The SMILES string of the molecule is CCOC(=O)Cc1ccc(-n2cc3c(OC(C)C)c4ccccc4c(OC(C)C)c3c2O)c(Cl)c1. The zero-order valence-corrected chi connectivity index (χ0v) is 21.3. The van der Waals surface area contributed by atoms with Crippen molar-refractivity contribution >= 4 is 39.1 Å². The fourth-order valence-corrected chi connectivity index (χ4v) is 4.48. The first-order valence-corrected chi connectivity index (χ1v) is 12.2. The molecular weight excluding hydrogens is 466 g/mol. The number of esters is 1. The molecule has 1 aromatic heterocycles. The summed E-state index contributed by atoms with van der Waals surface area (Å²) in [4.78, 5) is 11.9. The molecule has 0 saturated heterocycles. The predicted octanol–water partition coefficient (Wildman–Crippen LogP) is 6.82. The largest absolute Gasteiger partial charge is 0.494 e. The van der Waals surface area contributed by atoms with Gasteiger partial charge in [-0.1, -0.05) is 41.9 Å². The first-order valence-electron chi connectivity index (χ1n) is 11.8. The van der Waals surface area contributed by atoms with Crippen molar-refractivity contribution in [2.75, 3.05) is 6.61 Å². The zero-order valence-electron chi connectivity index (χ0n) is 20.6. The average Bonchev–Trinajstić information content (AvgIpc) is 3.12. The Bertz CT molecular complexity index is 1390. The van der Waals surface area contributed by atoms with Crippen LogP contribution < -0.4 is 9.47 Å². The van der Waals surface area contributed by atoms with Gasteiger partial charge in [0.05, 0.1) is 46.7 Å². The van der Waals surface area contributed by atoms with Gasteiger partial charge in [0.2, 0.25) is 5.88 Å². The molecule has 0 radical (unpaired) electrons. The lowest BCUT2D eigenvalue weighted by atomic mass is 10.0. The Hall–Kier alpha value is -3.38. The van der Waals surface area contributed by atoms with Gasteiger partial charge < -0.3 is 19.3 Å². The molecule has 7 heteroatoms. The highest BCUT2D eigenvalue weighted by atomic mass is 35.5. The number of halogens is 1. The summed E-state index contributed by atoms with van der Waals surface area (Å²) >= 11 is 6.63. The molecule has 0 atom stereocenters. The maximum absolute atomic E-state index is 11.9. The summed E-state index contributed by atoms with van der Waals surface area (Å²) in [5.41, 5.74) is 1.30. The van der Waals surface area contributed by atoms with Crippen LogP contribution in [0.5, 0.6) is 17.4 Å². The number of carbonyl (C=O) groups excluding carboxylic acids is 1. The van der Waals surface area contributed by atoms with E-state index < -0.39 is 0 Å². The number of ether oxygens (including phenoxy) is 3. The van der Waals surface area contributed by atoms with Crippen LogP contribution in [-0.2, 0) is 16.0 Å². The van der Waals surface area contributed by atoms with E-state index in [2.05, 4.69) is 0 Å². The van der Waals surface area contributed by atoms with E-state index in [1.807, 2.05) is 58.2 Å². The van der Waals surface area contributed by atoms with Crippen molar-refractivity contribution in [3.63, 3.8) is 0 Å². The van der Waals surface area contributed by atoms with Gasteiger partial charge in [-0.05, 0) is 52.3 Å². The first kappa shape index (κ1) is 24.7. The Morgan fingerprint density at radius 2 is 1.60 bits per heavy atom. The maximum Gasteiger partial charge on any atom is 0.310 e. The highest BCUT2D eigenvalue weighted by Crippen LogP contribution is 2.49. The third kappa shape index (κ3) is 4.89. The van der Waals surface area contributed by atoms with E-state index in [9.17, 15) is 9.90 Å². The quantitative estimate of drug-likeness (QED) is 0.271. The van der Waals surface area contributed by atoms with Crippen molar-refractivity contribution in [2.24, 2.45) is 0 Å². The van der Waals surface area contributed by atoms with Crippen LogP contribution in [0.2, 0.25) is 5.02 Å². The van der Waals surface area contributed by atoms with E-state index in [0.29, 0.717) is 34.2 Å². The number of aromatic hydroxyl groups is 1. The van der Waals surface area contributed by atoms with Crippen LogP contribution in [0, 0.1) is 0 Å². The smallest absolute Gasteiger partial charge is 0.310 e. The molecule has 0 fully saturated rings. The number of rotatable bonds is 8. The van der Waals surface area contributed by atoms with Gasteiger partial charge >= 0.3 is 5.97 Å². The van der Waals surface area contributed by atoms with E-state index in [0.717, 1.165) is 21.7 Å². The summed E-state index contributed by atoms with van der Waals surface area (Å²) in [6.07, 6.45) is 1.76. The van der Waals surface area contributed by atoms with Crippen molar-refractivity contribution in [1.29, 1.82) is 0 Å². The molecule has 35 heavy (non-hydrogen) atoms. The summed E-state index contributed by atoms with van der Waals surface area (Å²) < 4.78 is 19.1. The molecular formula is C28H30ClNO5. The Kier molecular flexibility index (Phi) is 7.13. The minimum absolute atomic E-state index is 0.00458. The number of aromatic nitrogens is 1. The molecule has 184 valence electrons. The molecule has 0 aliphatic rings. The lowest BCUT2D eigenvalue weighted by Gasteiger charge is -2.19. The average molecular weight is 496 g/mol. The lowest BCUT2D eigenvalue weighted by molar-refractivity contribution is -0.142. The van der Waals surface area contributed by atoms with Gasteiger partial charge in [-0.2, -0.15) is 0 Å². The van der Waals surface area contributed by atoms with E-state index >= 15 is 0 Å². The van der Waals surface area contributed by atoms with Crippen molar-refractivity contribution in [3.05, 3.63) is 59.2 Å². The second-order valence-corrected chi connectivity index (χ2v) is 9.32. The summed E-state index contributed by atoms with van der Waals surface area (Å²) in [6, 6.07) is 13.1. The Morgan fingerprint density at radius 3 is 2.20 bits per heavy atom. The van der Waals surface area contributed by atoms with Gasteiger partial charge in [0.15, 0.2) is 0 Å². The van der Waals surface area contributed by atoms with Crippen molar-refractivity contribution in [2.45, 2.75) is 53.2 Å². The van der Waals surface area contributed by atoms with Gasteiger partial charge in [-0.3, -0.25) is 9.36 Å². The molecule has 0 bridgehead atoms. The molecule has 3 aromatic carbocycles. The van der Waals surface area contributed by atoms with Crippen molar-refractivity contribution < 1.29 is 24.1 Å². The topological polar surface area (TPSA) is 69.9 Å². The van der Waals surface area contributed by atoms with Crippen LogP contribution in [0.1, 0.15) is 40.2 Å². The molecule has 4 aromatic rings. The highest BCUT2D eigenvalue weighted by Gasteiger charge is 2.25. The monoisotopic (exact) mass is 495 g/mol. The number of nitrogens with zero attached hydrogens (tertiary/aromatic N) is 1. The highest BCUT2D eigenvalue weighted by molar-refractivity contribution is 6.32. The fourth-order valence-electron chi connectivity index (χ4n) is 4.19. The normalized spacial score (nSPS) is 11.5. The van der Waals surface area contributed by atoms with Crippen molar-refractivity contribution in [3.8, 4) is 23.1 Å². The van der Waals surface area contributed by atoms with E-state index in [1.165, 1.54) is 0 Å². The summed E-state index contributed by atoms with van der Waals surface area (Å²) in [7, 11) is 0. The third-order valence-corrected chi connectivity index (χ3v) is 5.80. The Morgan fingerprint density at radius 1 is 0.971 bits per heavy atom. The summed E-state index contributed by atoms with van der Waals surface area (Å²) in [5, 5.41) is 14.9. The summed E-state index contributed by atoms with van der Waals surface area (Å²) in [5.74, 6) is 0.942. The number of hydrogen-bond donors (Lipinski definition) is 1. The molecule has 0 amide bonds. The van der Waals surface area contributed by atoms with Gasteiger partial charge in [0, 0.05) is 17.0 Å². The molecule has 0 aliphatic carbocycles. The zero-order chi connectivity index (χ0) is 25.3. The van der Waals surface area contributed by atoms with Crippen LogP contribution in [0.3, 0.4) is 0 Å². The molecule has 1 N–H and O–H groups in total. The van der Waals surface area contributed by atoms with E-state index in [4.69, 9.17) is 25.8 Å². The number of benzene rings is 3. The summed E-state index contributed by atoms with van der Waals surface area (Å²) in [6.45, 7) is 9.93. The van der Waals surface area contributed by atoms with Crippen LogP contribution in [0.4, 0.5) is 0 Å². The Labute approximate surface area is 210 Å². The first-order chi connectivity index (χ1) is 16.7. The van der Waals surface area contributed by atoms with Crippen LogP contribution in [-0.4, -0.2) is 34.5 Å². The van der Waals surface area contributed by atoms with Crippen LogP contribution in [0.25, 0.3) is 27.2 Å². The Balaban J connectivity index is 1.95. The minimum atomic E-state index is -0.316. The van der Waals surface area contributed by atoms with Gasteiger partial charge in [-0.25, -0.2) is 0 Å². The predicted molar refractivity (Wildman–Crippen MR) is 139 cm³/mol. The second-order valence-electron chi connectivity index (χ2n) is 8.92. The molecule has 0 aliphatic heterocycles. The second kappa shape index (κ2) is 10.1. The maximum atomic E-state index is 11.9. The number of carbonyl (C=O) groups is 1. The molecule has 4 rings (SSSR count). The van der Waals surface area contributed by atoms with Crippen molar-refractivity contribution in [1.82, 2.24) is 4.57 Å². The molecule has 0 spiro atoms. The van der Waals surface area contributed by atoms with Gasteiger partial charge in [0.1, 0.15) is 11.5 Å². The molecule has 0 unspecified atom stereocenters. The number of fused-ring (bicyclic) bond motifs is 2. The van der Waals surface area contributed by atoms with Crippen LogP contribution in [0.15, 0.2) is 48.7 Å². The minimum Gasteiger partial charge on any atom is -0.494 e. The van der Waals surface area contributed by atoms with Gasteiger partial charge in [-0.15, -0.1) is 0 Å². The van der Waals surface area contributed by atoms with E-state index in [1.54, 1.807) is 29.7 Å². The number of hydrogen-bond acceptors (Lipinski definition) is 5. The molecule has 0 saturated carbocycles. The lowest BCUT2D eigenvalue weighted by Crippen LogP contribution is -2.08. The van der Waals surface area contributed by atoms with E-state index in [-0.39, 0.29) is 30.5 Å².